The number of anilines is 4. The highest BCUT2D eigenvalue weighted by Gasteiger charge is 2.35. The molecule has 2 N–H and O–H groups in total. The zero-order valence-electron chi connectivity index (χ0n) is 17.9. The quantitative estimate of drug-likeness (QED) is 0.401. The summed E-state index contributed by atoms with van der Waals surface area (Å²) in [6.45, 7) is 6.37. The summed E-state index contributed by atoms with van der Waals surface area (Å²) < 4.78 is 40.4. The van der Waals surface area contributed by atoms with E-state index >= 15 is 0 Å². The van der Waals surface area contributed by atoms with Crippen molar-refractivity contribution in [2.45, 2.75) is 46.2 Å². The first-order valence-corrected chi connectivity index (χ1v) is 10.4. The zero-order chi connectivity index (χ0) is 22.4. The van der Waals surface area contributed by atoms with E-state index in [0.29, 0.717) is 17.3 Å². The normalized spacial score (nSPS) is 11.6. The number of aromatic nitrogens is 2. The summed E-state index contributed by atoms with van der Waals surface area (Å²) in [6, 6.07) is 15.0. The van der Waals surface area contributed by atoms with Crippen molar-refractivity contribution in [1.82, 2.24) is 9.97 Å². The summed E-state index contributed by atoms with van der Waals surface area (Å²) in [6.07, 6.45) is -0.879. The van der Waals surface area contributed by atoms with Gasteiger partial charge in [-0.2, -0.15) is 18.2 Å². The van der Waals surface area contributed by atoms with Crippen LogP contribution in [0.4, 0.5) is 36.3 Å². The molecule has 3 rings (SSSR count). The number of hydrogen-bond donors (Lipinski definition) is 2. The van der Waals surface area contributed by atoms with E-state index in [-0.39, 0.29) is 11.8 Å². The van der Waals surface area contributed by atoms with E-state index in [1.165, 1.54) is 5.56 Å². The first-order chi connectivity index (χ1) is 14.7. The maximum Gasteiger partial charge on any atom is 0.421 e. The number of rotatable bonds is 8. The maximum atomic E-state index is 13.5. The summed E-state index contributed by atoms with van der Waals surface area (Å²) in [5.74, 6) is 0.348. The van der Waals surface area contributed by atoms with Crippen molar-refractivity contribution in [2.75, 3.05) is 10.6 Å². The van der Waals surface area contributed by atoms with E-state index in [1.807, 2.05) is 36.4 Å². The molecule has 7 heteroatoms. The molecule has 0 radical (unpaired) electrons. The second kappa shape index (κ2) is 9.81. The van der Waals surface area contributed by atoms with Crippen molar-refractivity contribution in [3.8, 4) is 0 Å². The lowest BCUT2D eigenvalue weighted by molar-refractivity contribution is -0.137. The third kappa shape index (κ3) is 6.44. The molecule has 0 fully saturated rings. The Morgan fingerprint density at radius 2 is 1.45 bits per heavy atom. The lowest BCUT2D eigenvalue weighted by Crippen LogP contribution is -2.12. The van der Waals surface area contributed by atoms with Crippen LogP contribution in [0.5, 0.6) is 0 Å². The second-order valence-electron chi connectivity index (χ2n) is 7.95. The molecule has 0 aliphatic carbocycles. The molecule has 0 spiro atoms. The molecule has 0 atom stereocenters. The Morgan fingerprint density at radius 1 is 0.871 bits per heavy atom. The average Bonchev–Trinajstić information content (AvgIpc) is 2.70. The van der Waals surface area contributed by atoms with Crippen LogP contribution in [0.1, 0.15) is 43.9 Å². The Balaban J connectivity index is 1.83. The monoisotopic (exact) mass is 428 g/mol. The third-order valence-corrected chi connectivity index (χ3v) is 4.70. The van der Waals surface area contributed by atoms with E-state index in [2.05, 4.69) is 41.4 Å². The molecule has 0 amide bonds. The van der Waals surface area contributed by atoms with Crippen molar-refractivity contribution in [3.63, 3.8) is 0 Å². The van der Waals surface area contributed by atoms with Gasteiger partial charge in [-0.1, -0.05) is 51.5 Å². The highest BCUT2D eigenvalue weighted by molar-refractivity contribution is 5.63. The van der Waals surface area contributed by atoms with Crippen LogP contribution in [0.2, 0.25) is 0 Å². The van der Waals surface area contributed by atoms with Crippen molar-refractivity contribution >= 4 is 23.1 Å². The minimum absolute atomic E-state index is 0.0923. The molecule has 3 aromatic rings. The molecule has 0 unspecified atom stereocenters. The third-order valence-electron chi connectivity index (χ3n) is 4.70. The molecular weight excluding hydrogens is 401 g/mol. The number of benzene rings is 2. The summed E-state index contributed by atoms with van der Waals surface area (Å²) in [7, 11) is 0. The predicted molar refractivity (Wildman–Crippen MR) is 119 cm³/mol. The zero-order valence-corrected chi connectivity index (χ0v) is 17.9. The molecule has 0 bridgehead atoms. The van der Waals surface area contributed by atoms with Crippen molar-refractivity contribution in [1.29, 1.82) is 0 Å². The standard InChI is InChI=1S/C24H27F3N4/c1-4-5-17-6-10-19(11-7-17)29-22-21(24(25,26)27)15-28-23(31-22)30-20-12-8-18(9-13-20)14-16(2)3/h6-13,15-16H,4-5,14H2,1-3H3,(H2,28,29,30,31). The molecule has 1 aromatic heterocycles. The molecule has 1 heterocycles. The lowest BCUT2D eigenvalue weighted by Gasteiger charge is -2.15. The van der Waals surface area contributed by atoms with Gasteiger partial charge in [0, 0.05) is 17.6 Å². The number of halogens is 3. The molecule has 0 saturated carbocycles. The molecule has 2 aromatic carbocycles. The van der Waals surface area contributed by atoms with Crippen LogP contribution in [0.25, 0.3) is 0 Å². The van der Waals surface area contributed by atoms with E-state index in [9.17, 15) is 13.2 Å². The second-order valence-corrected chi connectivity index (χ2v) is 7.95. The molecule has 4 nitrogen and oxygen atoms in total. The summed E-state index contributed by atoms with van der Waals surface area (Å²) in [4.78, 5) is 7.98. The molecule has 31 heavy (non-hydrogen) atoms. The van der Waals surface area contributed by atoms with Gasteiger partial charge in [0.15, 0.2) is 0 Å². The van der Waals surface area contributed by atoms with Gasteiger partial charge in [-0.25, -0.2) is 4.98 Å². The van der Waals surface area contributed by atoms with Gasteiger partial charge in [0.25, 0.3) is 0 Å². The predicted octanol–water partition coefficient (Wildman–Crippen LogP) is 7.13. The fraction of sp³-hybridized carbons (Fsp3) is 0.333. The van der Waals surface area contributed by atoms with Crippen LogP contribution in [-0.4, -0.2) is 9.97 Å². The van der Waals surface area contributed by atoms with Crippen molar-refractivity contribution in [2.24, 2.45) is 5.92 Å². The summed E-state index contributed by atoms with van der Waals surface area (Å²) in [5.41, 5.74) is 2.66. The van der Waals surface area contributed by atoms with Crippen LogP contribution in [0, 0.1) is 5.92 Å². The van der Waals surface area contributed by atoms with Gasteiger partial charge in [0.1, 0.15) is 11.4 Å². The molecular formula is C24H27F3N4. The van der Waals surface area contributed by atoms with Crippen LogP contribution in [-0.2, 0) is 19.0 Å². The first kappa shape index (κ1) is 22.6. The Morgan fingerprint density at radius 3 is 2.00 bits per heavy atom. The average molecular weight is 429 g/mol. The molecule has 0 aliphatic heterocycles. The Kier molecular flexibility index (Phi) is 7.15. The first-order valence-electron chi connectivity index (χ1n) is 10.4. The lowest BCUT2D eigenvalue weighted by atomic mass is 10.0. The SMILES string of the molecule is CCCc1ccc(Nc2nc(Nc3ccc(CC(C)C)cc3)ncc2C(F)(F)F)cc1. The minimum atomic E-state index is -4.57. The Hall–Kier alpha value is -3.09. The molecule has 0 saturated heterocycles. The molecule has 0 aliphatic rings. The van der Waals surface area contributed by atoms with Gasteiger partial charge < -0.3 is 10.6 Å². The Bertz CT molecular complexity index is 981. The summed E-state index contributed by atoms with van der Waals surface area (Å²) >= 11 is 0. The van der Waals surface area contributed by atoms with E-state index in [0.717, 1.165) is 31.0 Å². The number of aryl methyl sites for hydroxylation is 1. The molecule has 164 valence electrons. The van der Waals surface area contributed by atoms with Crippen molar-refractivity contribution < 1.29 is 13.2 Å². The van der Waals surface area contributed by atoms with Crippen molar-refractivity contribution in [3.05, 3.63) is 71.4 Å². The number of nitrogens with one attached hydrogen (secondary N) is 2. The van der Waals surface area contributed by atoms with Gasteiger partial charge >= 0.3 is 6.18 Å². The van der Waals surface area contributed by atoms with Gasteiger partial charge in [-0.3, -0.25) is 0 Å². The van der Waals surface area contributed by atoms with E-state index < -0.39 is 11.7 Å². The van der Waals surface area contributed by atoms with Crippen LogP contribution >= 0.6 is 0 Å². The largest absolute Gasteiger partial charge is 0.421 e. The van der Waals surface area contributed by atoms with Gasteiger partial charge in [0.2, 0.25) is 5.95 Å². The maximum absolute atomic E-state index is 13.5. The fourth-order valence-corrected chi connectivity index (χ4v) is 3.25. The number of hydrogen-bond acceptors (Lipinski definition) is 4. The smallest absolute Gasteiger partial charge is 0.340 e. The van der Waals surface area contributed by atoms with Crippen LogP contribution < -0.4 is 10.6 Å². The summed E-state index contributed by atoms with van der Waals surface area (Å²) in [5, 5.41) is 5.78. The van der Waals surface area contributed by atoms with Crippen LogP contribution in [0.3, 0.4) is 0 Å². The van der Waals surface area contributed by atoms with Crippen LogP contribution in [0.15, 0.2) is 54.7 Å². The highest BCUT2D eigenvalue weighted by atomic mass is 19.4. The van der Waals surface area contributed by atoms with E-state index in [1.54, 1.807) is 12.1 Å². The Labute approximate surface area is 181 Å². The van der Waals surface area contributed by atoms with E-state index in [4.69, 9.17) is 0 Å². The topological polar surface area (TPSA) is 49.8 Å². The number of alkyl halides is 3. The fourth-order valence-electron chi connectivity index (χ4n) is 3.25. The number of nitrogens with zero attached hydrogens (tertiary/aromatic N) is 2. The van der Waals surface area contributed by atoms with Gasteiger partial charge in [-0.05, 0) is 54.2 Å². The highest BCUT2D eigenvalue weighted by Crippen LogP contribution is 2.35. The van der Waals surface area contributed by atoms with Gasteiger partial charge in [-0.15, -0.1) is 0 Å². The van der Waals surface area contributed by atoms with Gasteiger partial charge in [0.05, 0.1) is 0 Å². The minimum Gasteiger partial charge on any atom is -0.340 e.